The molecule has 0 N–H and O–H groups in total. The van der Waals surface area contributed by atoms with Crippen molar-refractivity contribution in [2.75, 3.05) is 0 Å². The van der Waals surface area contributed by atoms with E-state index in [-0.39, 0.29) is 27.0 Å². The van der Waals surface area contributed by atoms with Crippen molar-refractivity contribution >= 4 is 37.1 Å². The fourth-order valence-corrected chi connectivity index (χ4v) is 0. The van der Waals surface area contributed by atoms with Crippen LogP contribution in [0.25, 0.3) is 0 Å². The van der Waals surface area contributed by atoms with Crippen LogP contribution in [0.2, 0.25) is 0 Å². The van der Waals surface area contributed by atoms with Crippen molar-refractivity contribution in [3.8, 4) is 0 Å². The Bertz CT molecular complexity index is 25.2. The van der Waals surface area contributed by atoms with Gasteiger partial charge < -0.3 is 19.2 Å². The monoisotopic (exact) mass is 206 g/mol. The van der Waals surface area contributed by atoms with Gasteiger partial charge in [-0.15, -0.1) is 0 Å². The van der Waals surface area contributed by atoms with Crippen LogP contribution in [0.5, 0.6) is 0 Å². The van der Waals surface area contributed by atoms with E-state index in [0.29, 0.717) is 0 Å². The zero-order chi connectivity index (χ0) is 8.00. The summed E-state index contributed by atoms with van der Waals surface area (Å²) in [4.78, 5) is 31.0. The molecule has 0 aromatic rings. The molecule has 0 rings (SSSR count). The van der Waals surface area contributed by atoms with E-state index in [1.54, 1.807) is 0 Å². The first-order valence-corrected chi connectivity index (χ1v) is 0.943. The van der Waals surface area contributed by atoms with E-state index < -0.39 is 0 Å². The van der Waals surface area contributed by atoms with E-state index in [0.717, 1.165) is 0 Å². The van der Waals surface area contributed by atoms with Gasteiger partial charge in [0.1, 0.15) is 0 Å². The number of hydrogen-bond donors (Lipinski definition) is 0. The van der Waals surface area contributed by atoms with Gasteiger partial charge in [0.25, 0.3) is 0 Å². The molecule has 0 saturated carbocycles. The van der Waals surface area contributed by atoms with Gasteiger partial charge in [-0.2, -0.15) is 9.90 Å². The molecule has 0 fully saturated rings. The van der Waals surface area contributed by atoms with Crippen molar-refractivity contribution in [2.24, 2.45) is 0 Å². The van der Waals surface area contributed by atoms with E-state index in [9.17, 15) is 0 Å². The van der Waals surface area contributed by atoms with E-state index in [2.05, 4.69) is 27.2 Å². The maximum atomic E-state index is 7.75. The molecule has 0 aliphatic rings. The third-order valence-electron chi connectivity index (χ3n) is 0. The molecule has 10 heavy (non-hydrogen) atoms. The molecule has 0 spiro atoms. The van der Waals surface area contributed by atoms with Crippen LogP contribution in [0.3, 0.4) is 0 Å². The van der Waals surface area contributed by atoms with Gasteiger partial charge in [0.05, 0.1) is 0 Å². The Labute approximate surface area is 73.8 Å². The average molecular weight is 206 g/mol. The van der Waals surface area contributed by atoms with Gasteiger partial charge in [-0.25, -0.2) is 0 Å². The molecular weight excluding hydrogens is 199 g/mol. The Balaban J connectivity index is -0.00000000500. The first kappa shape index (κ1) is 54.4. The SMILES string of the molecule is P.[CH-]=O.[CH-]=O.[CH-]=O.[CH-]=O.[Fe+4]. The Morgan fingerprint density at radius 3 is 0.500 bits per heavy atom. The average Bonchev–Trinajstić information content (AvgIpc) is 2.03. The molecule has 6 heteroatoms. The van der Waals surface area contributed by atoms with Crippen molar-refractivity contribution < 1.29 is 36.2 Å². The van der Waals surface area contributed by atoms with E-state index >= 15 is 0 Å². The summed E-state index contributed by atoms with van der Waals surface area (Å²) in [5.74, 6) is 0. The second kappa shape index (κ2) is 3660. The first-order chi connectivity index (χ1) is 4.00. The molecule has 0 aliphatic heterocycles. The quantitative estimate of drug-likeness (QED) is 0.219. The molecule has 0 aliphatic carbocycles. The fraction of sp³-hybridized carbons (Fsp3) is 0. The van der Waals surface area contributed by atoms with Gasteiger partial charge in [0.15, 0.2) is 0 Å². The van der Waals surface area contributed by atoms with Crippen LogP contribution in [0.15, 0.2) is 0 Å². The molecule has 0 bridgehead atoms. The molecule has 0 radical (unpaired) electrons. The molecule has 60 valence electrons. The van der Waals surface area contributed by atoms with Crippen LogP contribution in [-0.2, 0) is 36.2 Å². The normalized spacial score (nSPS) is 1.60. The molecular formula is C4H7FeO4P. The summed E-state index contributed by atoms with van der Waals surface area (Å²) in [6.07, 6.45) is 0. The largest absolute Gasteiger partial charge is 4.00 e. The number of rotatable bonds is 0. The predicted molar refractivity (Wildman–Crippen MR) is 38.1 cm³/mol. The third kappa shape index (κ3) is 2440. The van der Waals surface area contributed by atoms with Gasteiger partial charge >= 0.3 is 17.1 Å². The number of hydrogen-bond acceptors (Lipinski definition) is 4. The van der Waals surface area contributed by atoms with Crippen LogP contribution >= 0.6 is 9.90 Å². The number of carbonyl (C=O) groups excluding carboxylic acids is 4. The summed E-state index contributed by atoms with van der Waals surface area (Å²) in [5.41, 5.74) is 0. The van der Waals surface area contributed by atoms with Crippen LogP contribution < -0.4 is 0 Å². The molecule has 4 nitrogen and oxygen atoms in total. The summed E-state index contributed by atoms with van der Waals surface area (Å²) in [7, 11) is 0. The minimum Gasteiger partial charge on any atom is -0.545 e. The summed E-state index contributed by atoms with van der Waals surface area (Å²) < 4.78 is 0. The molecule has 0 heterocycles. The standard InChI is InChI=1S/4CHO.Fe.H3P/c4*1-2;;/h4*1H;;1H3/q4*-1;+4;. The molecule has 0 aromatic carbocycles. The van der Waals surface area contributed by atoms with Crippen molar-refractivity contribution in [2.45, 2.75) is 0 Å². The Morgan fingerprint density at radius 1 is 0.500 bits per heavy atom. The molecule has 0 saturated heterocycles. The second-order valence-corrected chi connectivity index (χ2v) is 0. The van der Waals surface area contributed by atoms with Crippen LogP contribution in [-0.4, -0.2) is 27.2 Å². The van der Waals surface area contributed by atoms with Crippen molar-refractivity contribution in [3.63, 3.8) is 0 Å². The Morgan fingerprint density at radius 2 is 0.500 bits per heavy atom. The first-order valence-electron chi connectivity index (χ1n) is 0.943. The summed E-state index contributed by atoms with van der Waals surface area (Å²) >= 11 is 0. The minimum atomic E-state index is 0. The van der Waals surface area contributed by atoms with Gasteiger partial charge in [-0.3, -0.25) is 27.2 Å². The zero-order valence-corrected chi connectivity index (χ0v) is 7.52. The van der Waals surface area contributed by atoms with Crippen molar-refractivity contribution in [1.29, 1.82) is 0 Å². The maximum Gasteiger partial charge on any atom is 4.00 e. The van der Waals surface area contributed by atoms with Crippen LogP contribution in [0.1, 0.15) is 0 Å². The fourth-order valence-electron chi connectivity index (χ4n) is 0. The van der Waals surface area contributed by atoms with E-state index in [4.69, 9.17) is 19.2 Å². The maximum absolute atomic E-state index is 7.75. The zero-order valence-electron chi connectivity index (χ0n) is 5.00. The Kier molecular flexibility index (Phi) is 19900. The molecule has 0 amide bonds. The summed E-state index contributed by atoms with van der Waals surface area (Å²) in [6, 6.07) is 0. The minimum absolute atomic E-state index is 0. The summed E-state index contributed by atoms with van der Waals surface area (Å²) in [6.45, 7) is 13.0. The summed E-state index contributed by atoms with van der Waals surface area (Å²) in [5, 5.41) is 0. The predicted octanol–water partition coefficient (Wildman–Crippen LogP) is -1.04. The van der Waals surface area contributed by atoms with Gasteiger partial charge in [0, 0.05) is 0 Å². The van der Waals surface area contributed by atoms with E-state index in [1.807, 2.05) is 0 Å². The molecule has 0 aromatic heterocycles. The molecule has 1 atom stereocenters. The Hall–Kier alpha value is -0.371. The van der Waals surface area contributed by atoms with Gasteiger partial charge in [0.2, 0.25) is 0 Å². The van der Waals surface area contributed by atoms with E-state index in [1.165, 1.54) is 0 Å². The topological polar surface area (TPSA) is 68.3 Å². The van der Waals surface area contributed by atoms with Crippen LogP contribution in [0.4, 0.5) is 0 Å². The van der Waals surface area contributed by atoms with Crippen LogP contribution in [0, 0.1) is 0 Å². The second-order valence-electron chi connectivity index (χ2n) is 0. The van der Waals surface area contributed by atoms with Crippen molar-refractivity contribution in [1.82, 2.24) is 0 Å². The molecule has 1 unspecified atom stereocenters. The van der Waals surface area contributed by atoms with Gasteiger partial charge in [-0.05, 0) is 0 Å². The van der Waals surface area contributed by atoms with Gasteiger partial charge in [-0.1, -0.05) is 0 Å². The smallest absolute Gasteiger partial charge is 0.545 e. The third-order valence-corrected chi connectivity index (χ3v) is 0. The van der Waals surface area contributed by atoms with Crippen molar-refractivity contribution in [3.05, 3.63) is 0 Å².